The molecule has 3 rings (SSSR count). The van der Waals surface area contributed by atoms with Crippen molar-refractivity contribution in [1.29, 1.82) is 0 Å². The van der Waals surface area contributed by atoms with Crippen LogP contribution in [0.4, 0.5) is 23.7 Å². The minimum Gasteiger partial charge on any atom is -0.368 e. The van der Waals surface area contributed by atoms with Crippen molar-refractivity contribution in [3.8, 4) is 0 Å². The summed E-state index contributed by atoms with van der Waals surface area (Å²) >= 11 is 0. The van der Waals surface area contributed by atoms with Gasteiger partial charge in [-0.3, -0.25) is 4.90 Å². The van der Waals surface area contributed by atoms with E-state index in [9.17, 15) is 18.0 Å². The molecular weight excluding hydrogens is 369 g/mol. The van der Waals surface area contributed by atoms with Gasteiger partial charge in [0.15, 0.2) is 0 Å². The Morgan fingerprint density at radius 2 is 1.79 bits per heavy atom. The highest BCUT2D eigenvalue weighted by molar-refractivity contribution is 5.75. The van der Waals surface area contributed by atoms with Gasteiger partial charge in [-0.15, -0.1) is 0 Å². The van der Waals surface area contributed by atoms with E-state index in [-0.39, 0.29) is 18.1 Å². The summed E-state index contributed by atoms with van der Waals surface area (Å²) in [7, 11) is 0. The molecular formula is C20H29F3N4O. The van der Waals surface area contributed by atoms with Crippen molar-refractivity contribution in [3.05, 3.63) is 30.3 Å². The van der Waals surface area contributed by atoms with Crippen LogP contribution < -0.4 is 10.2 Å². The lowest BCUT2D eigenvalue weighted by Gasteiger charge is -2.43. The van der Waals surface area contributed by atoms with E-state index in [1.165, 1.54) is 4.90 Å². The zero-order valence-corrected chi connectivity index (χ0v) is 16.3. The maximum Gasteiger partial charge on any atom is 0.401 e. The third kappa shape index (κ3) is 5.53. The molecule has 0 bridgehead atoms. The first-order valence-corrected chi connectivity index (χ1v) is 10.0. The third-order valence-corrected chi connectivity index (χ3v) is 5.65. The van der Waals surface area contributed by atoms with Crippen molar-refractivity contribution in [1.82, 2.24) is 15.1 Å². The molecule has 8 heteroatoms. The number of hydrogen-bond donors (Lipinski definition) is 1. The Morgan fingerprint density at radius 1 is 1.11 bits per heavy atom. The lowest BCUT2D eigenvalue weighted by molar-refractivity contribution is -0.148. The van der Waals surface area contributed by atoms with Crippen LogP contribution in [0.3, 0.4) is 0 Å². The number of rotatable bonds is 4. The fraction of sp³-hybridized carbons (Fsp3) is 0.650. The molecule has 2 amide bonds. The first-order chi connectivity index (χ1) is 13.4. The number of piperazine rings is 1. The van der Waals surface area contributed by atoms with E-state index in [1.54, 1.807) is 0 Å². The summed E-state index contributed by atoms with van der Waals surface area (Å²) in [6.07, 6.45) is -2.19. The number of benzene rings is 1. The summed E-state index contributed by atoms with van der Waals surface area (Å²) in [5.74, 6) is 0. The van der Waals surface area contributed by atoms with Crippen LogP contribution in [-0.2, 0) is 0 Å². The number of amides is 2. The largest absolute Gasteiger partial charge is 0.401 e. The molecule has 28 heavy (non-hydrogen) atoms. The number of anilines is 1. The van der Waals surface area contributed by atoms with Gasteiger partial charge in [-0.05, 0) is 31.4 Å². The number of urea groups is 1. The Morgan fingerprint density at radius 3 is 2.39 bits per heavy atom. The van der Waals surface area contributed by atoms with E-state index in [4.69, 9.17) is 0 Å². The highest BCUT2D eigenvalue weighted by atomic mass is 19.4. The third-order valence-electron chi connectivity index (χ3n) is 5.65. The molecule has 1 atom stereocenters. The van der Waals surface area contributed by atoms with Gasteiger partial charge in [-0.1, -0.05) is 25.1 Å². The molecule has 2 aliphatic heterocycles. The van der Waals surface area contributed by atoms with Crippen LogP contribution in [0.5, 0.6) is 0 Å². The summed E-state index contributed by atoms with van der Waals surface area (Å²) in [5, 5.41) is 3.05. The standard InChI is InChI=1S/C20H29F3N4O/c1-2-17-14-26(18-6-4-3-5-7-18)12-13-27(17)19(28)24-16-8-10-25(11-9-16)15-20(21,22)23/h3-7,16-17H,2,8-15H2,1H3,(H,24,28). The van der Waals surface area contributed by atoms with E-state index < -0.39 is 12.7 Å². The van der Waals surface area contributed by atoms with Gasteiger partial charge >= 0.3 is 12.2 Å². The molecule has 2 saturated heterocycles. The van der Waals surface area contributed by atoms with Crippen LogP contribution in [0.25, 0.3) is 0 Å². The van der Waals surface area contributed by atoms with Gasteiger partial charge in [0.25, 0.3) is 0 Å². The molecule has 1 unspecified atom stereocenters. The molecule has 1 aromatic rings. The monoisotopic (exact) mass is 398 g/mol. The number of alkyl halides is 3. The van der Waals surface area contributed by atoms with E-state index in [2.05, 4.69) is 29.3 Å². The van der Waals surface area contributed by atoms with Gasteiger partial charge in [0.1, 0.15) is 0 Å². The van der Waals surface area contributed by atoms with Crippen LogP contribution in [0.2, 0.25) is 0 Å². The van der Waals surface area contributed by atoms with Gasteiger partial charge in [0.2, 0.25) is 0 Å². The van der Waals surface area contributed by atoms with Gasteiger partial charge in [-0.2, -0.15) is 13.2 Å². The van der Waals surface area contributed by atoms with Gasteiger partial charge in [0.05, 0.1) is 12.6 Å². The van der Waals surface area contributed by atoms with Crippen LogP contribution in [0.15, 0.2) is 30.3 Å². The van der Waals surface area contributed by atoms with Crippen molar-refractivity contribution in [2.24, 2.45) is 0 Å². The molecule has 1 N–H and O–H groups in total. The Hall–Kier alpha value is -1.96. The number of nitrogens with zero attached hydrogens (tertiary/aromatic N) is 3. The Kier molecular flexibility index (Phi) is 6.69. The molecule has 0 aromatic heterocycles. The molecule has 0 radical (unpaired) electrons. The van der Waals surface area contributed by atoms with Crippen LogP contribution in [0.1, 0.15) is 26.2 Å². The zero-order valence-electron chi connectivity index (χ0n) is 16.3. The smallest absolute Gasteiger partial charge is 0.368 e. The number of para-hydroxylation sites is 1. The maximum absolute atomic E-state index is 12.8. The van der Waals surface area contributed by atoms with Crippen molar-refractivity contribution < 1.29 is 18.0 Å². The number of piperidine rings is 1. The van der Waals surface area contributed by atoms with E-state index >= 15 is 0 Å². The summed E-state index contributed by atoms with van der Waals surface area (Å²) < 4.78 is 37.5. The average molecular weight is 398 g/mol. The number of likely N-dealkylation sites (tertiary alicyclic amines) is 1. The first-order valence-electron chi connectivity index (χ1n) is 10.0. The number of halogens is 3. The fourth-order valence-electron chi connectivity index (χ4n) is 4.09. The summed E-state index contributed by atoms with van der Waals surface area (Å²) in [6.45, 7) is 4.15. The summed E-state index contributed by atoms with van der Waals surface area (Å²) in [6, 6.07) is 10.2. The topological polar surface area (TPSA) is 38.8 Å². The van der Waals surface area contributed by atoms with Gasteiger partial charge in [-0.25, -0.2) is 4.79 Å². The number of nitrogens with one attached hydrogen (secondary N) is 1. The molecule has 1 aromatic carbocycles. The van der Waals surface area contributed by atoms with E-state index in [0.29, 0.717) is 32.5 Å². The molecule has 0 spiro atoms. The summed E-state index contributed by atoms with van der Waals surface area (Å²) in [4.78, 5) is 18.4. The number of carbonyl (C=O) groups is 1. The van der Waals surface area contributed by atoms with Gasteiger partial charge < -0.3 is 15.1 Å². The Bertz CT molecular complexity index is 632. The normalized spacial score (nSPS) is 22.4. The van der Waals surface area contributed by atoms with E-state index in [0.717, 1.165) is 25.2 Å². The van der Waals surface area contributed by atoms with Crippen molar-refractivity contribution >= 4 is 11.7 Å². The van der Waals surface area contributed by atoms with Crippen LogP contribution >= 0.6 is 0 Å². The molecule has 156 valence electrons. The molecule has 5 nitrogen and oxygen atoms in total. The predicted octanol–water partition coefficient (Wildman–Crippen LogP) is 3.32. The Labute approximate surface area is 164 Å². The first kappa shape index (κ1) is 20.8. The fourth-order valence-corrected chi connectivity index (χ4v) is 4.09. The number of hydrogen-bond acceptors (Lipinski definition) is 3. The van der Waals surface area contributed by atoms with Crippen molar-refractivity contribution in [3.63, 3.8) is 0 Å². The SMILES string of the molecule is CCC1CN(c2ccccc2)CCN1C(=O)NC1CCN(CC(F)(F)F)CC1. The zero-order chi connectivity index (χ0) is 20.1. The molecule has 2 heterocycles. The van der Waals surface area contributed by atoms with Crippen molar-refractivity contribution in [2.45, 2.75) is 44.4 Å². The highest BCUT2D eigenvalue weighted by Crippen LogP contribution is 2.22. The maximum atomic E-state index is 12.8. The second kappa shape index (κ2) is 9.03. The molecule has 0 aliphatic carbocycles. The second-order valence-corrected chi connectivity index (χ2v) is 7.65. The molecule has 0 saturated carbocycles. The van der Waals surface area contributed by atoms with Crippen LogP contribution in [-0.4, -0.2) is 73.4 Å². The minimum absolute atomic E-state index is 0.0540. The molecule has 2 aliphatic rings. The van der Waals surface area contributed by atoms with Crippen molar-refractivity contribution in [2.75, 3.05) is 44.2 Å². The van der Waals surface area contributed by atoms with Crippen LogP contribution in [0, 0.1) is 0 Å². The summed E-state index contributed by atoms with van der Waals surface area (Å²) in [5.41, 5.74) is 1.16. The number of carbonyl (C=O) groups excluding carboxylic acids is 1. The minimum atomic E-state index is -4.16. The van der Waals surface area contributed by atoms with E-state index in [1.807, 2.05) is 23.1 Å². The second-order valence-electron chi connectivity index (χ2n) is 7.65. The average Bonchev–Trinajstić information content (AvgIpc) is 2.68. The highest BCUT2D eigenvalue weighted by Gasteiger charge is 2.34. The lowest BCUT2D eigenvalue weighted by Crippen LogP contribution is -2.59. The molecule has 2 fully saturated rings. The predicted molar refractivity (Wildman–Crippen MR) is 103 cm³/mol. The quantitative estimate of drug-likeness (QED) is 0.846. The Balaban J connectivity index is 1.49. The lowest BCUT2D eigenvalue weighted by atomic mass is 10.0. The van der Waals surface area contributed by atoms with Gasteiger partial charge in [0, 0.05) is 44.5 Å².